The fourth-order valence-corrected chi connectivity index (χ4v) is 2.78. The number of ether oxygens (including phenoxy) is 1. The number of nitrogen functional groups attached to an aromatic ring is 1. The van der Waals surface area contributed by atoms with Gasteiger partial charge in [0.1, 0.15) is 11.4 Å². The molecule has 2 aromatic rings. The van der Waals surface area contributed by atoms with Gasteiger partial charge in [0.25, 0.3) is 0 Å². The Balaban J connectivity index is 2.05. The largest absolute Gasteiger partial charge is 0.462 e. The van der Waals surface area contributed by atoms with E-state index in [0.29, 0.717) is 0 Å². The summed E-state index contributed by atoms with van der Waals surface area (Å²) in [5.41, 5.74) is 4.87. The van der Waals surface area contributed by atoms with Crippen LogP contribution in [0.15, 0.2) is 35.6 Å². The number of esters is 1. The lowest BCUT2D eigenvalue weighted by molar-refractivity contribution is -0.137. The predicted molar refractivity (Wildman–Crippen MR) is 97.8 cm³/mol. The maximum atomic E-state index is 12.7. The van der Waals surface area contributed by atoms with Crippen LogP contribution in [0, 0.1) is 0 Å². The Morgan fingerprint density at radius 1 is 1.36 bits per heavy atom. The molecule has 0 fully saturated rings. The molecule has 0 spiro atoms. The summed E-state index contributed by atoms with van der Waals surface area (Å²) < 4.78 is 43.1. The van der Waals surface area contributed by atoms with Crippen molar-refractivity contribution in [3.8, 4) is 0 Å². The maximum Gasteiger partial charge on any atom is 0.416 e. The SMILES string of the molecule is CCOC(=O)c1cnc(S[C@H](C)C(=O)Nc2cccc(C(F)(F)F)c2)nc1N. The molecule has 0 saturated heterocycles. The van der Waals surface area contributed by atoms with Crippen LogP contribution in [0.4, 0.5) is 24.7 Å². The summed E-state index contributed by atoms with van der Waals surface area (Å²) in [4.78, 5) is 31.8. The van der Waals surface area contributed by atoms with Gasteiger partial charge in [-0.1, -0.05) is 17.8 Å². The minimum atomic E-state index is -4.51. The van der Waals surface area contributed by atoms with Crippen LogP contribution in [0.3, 0.4) is 0 Å². The zero-order valence-electron chi connectivity index (χ0n) is 14.9. The third kappa shape index (κ3) is 5.59. The van der Waals surface area contributed by atoms with E-state index in [1.165, 1.54) is 25.3 Å². The number of carbonyl (C=O) groups is 2. The molecule has 0 aliphatic carbocycles. The number of nitrogens with two attached hydrogens (primary N) is 1. The second kappa shape index (κ2) is 8.91. The van der Waals surface area contributed by atoms with Gasteiger partial charge in [-0.15, -0.1) is 0 Å². The van der Waals surface area contributed by atoms with E-state index in [1.807, 2.05) is 0 Å². The monoisotopic (exact) mass is 414 g/mol. The Bertz CT molecular complexity index is 877. The Hall–Kier alpha value is -2.82. The number of anilines is 2. The van der Waals surface area contributed by atoms with E-state index in [9.17, 15) is 22.8 Å². The quantitative estimate of drug-likeness (QED) is 0.424. The van der Waals surface area contributed by atoms with Gasteiger partial charge in [0, 0.05) is 11.9 Å². The molecule has 3 N–H and O–H groups in total. The predicted octanol–water partition coefficient (Wildman–Crippen LogP) is 3.37. The van der Waals surface area contributed by atoms with Crippen LogP contribution in [0.2, 0.25) is 0 Å². The second-order valence-electron chi connectivity index (χ2n) is 5.50. The van der Waals surface area contributed by atoms with Crippen LogP contribution < -0.4 is 11.1 Å². The van der Waals surface area contributed by atoms with E-state index in [1.54, 1.807) is 6.92 Å². The fraction of sp³-hybridized carbons (Fsp3) is 0.294. The van der Waals surface area contributed by atoms with Gasteiger partial charge >= 0.3 is 12.1 Å². The zero-order chi connectivity index (χ0) is 20.9. The Labute approximate surface area is 162 Å². The number of nitrogens with one attached hydrogen (secondary N) is 1. The minimum absolute atomic E-state index is 0.00673. The highest BCUT2D eigenvalue weighted by atomic mass is 32.2. The first kappa shape index (κ1) is 21.5. The number of hydrogen-bond acceptors (Lipinski definition) is 7. The first-order chi connectivity index (χ1) is 13.1. The molecule has 11 heteroatoms. The number of rotatable bonds is 6. The van der Waals surface area contributed by atoms with Crippen LogP contribution in [0.25, 0.3) is 0 Å². The molecule has 28 heavy (non-hydrogen) atoms. The summed E-state index contributed by atoms with van der Waals surface area (Å²) in [6.45, 7) is 3.35. The molecule has 150 valence electrons. The van der Waals surface area contributed by atoms with Gasteiger partial charge in [-0.25, -0.2) is 14.8 Å². The molecular weight excluding hydrogens is 397 g/mol. The van der Waals surface area contributed by atoms with Crippen molar-refractivity contribution in [3.05, 3.63) is 41.6 Å². The highest BCUT2D eigenvalue weighted by Gasteiger charge is 2.30. The Morgan fingerprint density at radius 3 is 2.68 bits per heavy atom. The number of aromatic nitrogens is 2. The number of amides is 1. The molecule has 1 amide bonds. The highest BCUT2D eigenvalue weighted by molar-refractivity contribution is 8.00. The number of carbonyl (C=O) groups excluding carboxylic acids is 2. The summed E-state index contributed by atoms with van der Waals surface area (Å²) in [6, 6.07) is 4.31. The topological polar surface area (TPSA) is 107 Å². The Kier molecular flexibility index (Phi) is 6.84. The lowest BCUT2D eigenvalue weighted by Gasteiger charge is -2.13. The summed E-state index contributed by atoms with van der Waals surface area (Å²) in [5.74, 6) is -1.30. The van der Waals surface area contributed by atoms with Gasteiger partial charge < -0.3 is 15.8 Å². The van der Waals surface area contributed by atoms with E-state index in [-0.39, 0.29) is 28.8 Å². The minimum Gasteiger partial charge on any atom is -0.462 e. The normalized spacial score (nSPS) is 12.3. The summed E-state index contributed by atoms with van der Waals surface area (Å²) in [6.07, 6.45) is -3.31. The zero-order valence-corrected chi connectivity index (χ0v) is 15.7. The number of benzene rings is 1. The van der Waals surface area contributed by atoms with Crippen molar-refractivity contribution in [3.63, 3.8) is 0 Å². The molecule has 1 aromatic carbocycles. The van der Waals surface area contributed by atoms with Crippen molar-refractivity contribution in [2.75, 3.05) is 17.7 Å². The van der Waals surface area contributed by atoms with E-state index >= 15 is 0 Å². The lowest BCUT2D eigenvalue weighted by Crippen LogP contribution is -2.23. The standard InChI is InChI=1S/C17H17F3N4O3S/c1-3-27-15(26)12-8-22-16(24-13(12)21)28-9(2)14(25)23-11-6-4-5-10(7-11)17(18,19)20/h4-9H,3H2,1-2H3,(H,23,25)(H2,21,22,24)/t9-/m1/s1. The van der Waals surface area contributed by atoms with Gasteiger partial charge in [0.15, 0.2) is 5.16 Å². The average Bonchev–Trinajstić information content (AvgIpc) is 2.61. The first-order valence-electron chi connectivity index (χ1n) is 8.06. The van der Waals surface area contributed by atoms with Gasteiger partial charge in [-0.3, -0.25) is 4.79 Å². The molecule has 1 heterocycles. The van der Waals surface area contributed by atoms with Crippen molar-refractivity contribution < 1.29 is 27.5 Å². The molecule has 0 unspecified atom stereocenters. The maximum absolute atomic E-state index is 12.7. The number of halogens is 3. The number of hydrogen-bond donors (Lipinski definition) is 2. The number of nitrogens with zero attached hydrogens (tertiary/aromatic N) is 2. The molecular formula is C17H17F3N4O3S. The van der Waals surface area contributed by atoms with Crippen molar-refractivity contribution in [2.45, 2.75) is 30.4 Å². The first-order valence-corrected chi connectivity index (χ1v) is 8.94. The molecule has 2 rings (SSSR count). The van der Waals surface area contributed by atoms with Crippen LogP contribution in [-0.4, -0.2) is 33.7 Å². The average molecular weight is 414 g/mol. The van der Waals surface area contributed by atoms with E-state index < -0.39 is 28.9 Å². The van der Waals surface area contributed by atoms with Crippen LogP contribution >= 0.6 is 11.8 Å². The van der Waals surface area contributed by atoms with Gasteiger partial charge in [0.05, 0.1) is 17.4 Å². The number of alkyl halides is 3. The summed E-state index contributed by atoms with van der Waals surface area (Å²) >= 11 is 0.940. The van der Waals surface area contributed by atoms with E-state index in [0.717, 1.165) is 23.9 Å². The van der Waals surface area contributed by atoms with Crippen LogP contribution in [0.5, 0.6) is 0 Å². The molecule has 0 aliphatic rings. The van der Waals surface area contributed by atoms with Gasteiger partial charge in [0.2, 0.25) is 5.91 Å². The van der Waals surface area contributed by atoms with Gasteiger partial charge in [-0.2, -0.15) is 13.2 Å². The molecule has 0 radical (unpaired) electrons. The second-order valence-corrected chi connectivity index (χ2v) is 6.81. The smallest absolute Gasteiger partial charge is 0.416 e. The molecule has 1 atom stereocenters. The fourth-order valence-electron chi connectivity index (χ4n) is 2.03. The molecule has 0 bridgehead atoms. The molecule has 0 aliphatic heterocycles. The van der Waals surface area contributed by atoms with Crippen molar-refractivity contribution in [1.82, 2.24) is 9.97 Å². The third-order valence-corrected chi connectivity index (χ3v) is 4.38. The van der Waals surface area contributed by atoms with Crippen molar-refractivity contribution in [2.24, 2.45) is 0 Å². The van der Waals surface area contributed by atoms with E-state index in [4.69, 9.17) is 10.5 Å². The summed E-state index contributed by atoms with van der Waals surface area (Å²) in [7, 11) is 0. The highest BCUT2D eigenvalue weighted by Crippen LogP contribution is 2.31. The molecule has 1 aromatic heterocycles. The molecule has 7 nitrogen and oxygen atoms in total. The van der Waals surface area contributed by atoms with Crippen LogP contribution in [0.1, 0.15) is 29.8 Å². The third-order valence-electron chi connectivity index (χ3n) is 3.40. The summed E-state index contributed by atoms with van der Waals surface area (Å²) in [5, 5.41) is 1.82. The van der Waals surface area contributed by atoms with E-state index in [2.05, 4.69) is 15.3 Å². The Morgan fingerprint density at radius 2 is 2.07 bits per heavy atom. The van der Waals surface area contributed by atoms with Gasteiger partial charge in [-0.05, 0) is 32.0 Å². The van der Waals surface area contributed by atoms with Crippen molar-refractivity contribution >= 4 is 35.1 Å². The lowest BCUT2D eigenvalue weighted by atomic mass is 10.2. The molecule has 0 saturated carbocycles. The number of thioether (sulfide) groups is 1. The van der Waals surface area contributed by atoms with Crippen LogP contribution in [-0.2, 0) is 15.7 Å². The van der Waals surface area contributed by atoms with Crippen molar-refractivity contribution in [1.29, 1.82) is 0 Å².